The minimum Gasteiger partial charge on any atom is -0.377 e. The Morgan fingerprint density at radius 1 is 0.971 bits per heavy atom. The number of hydrogen-bond acceptors (Lipinski definition) is 4. The molecule has 7 heteroatoms. The summed E-state index contributed by atoms with van der Waals surface area (Å²) >= 11 is 0. The van der Waals surface area contributed by atoms with E-state index in [-0.39, 0.29) is 24.2 Å². The van der Waals surface area contributed by atoms with Crippen LogP contribution in [-0.4, -0.2) is 44.5 Å². The monoisotopic (exact) mass is 463 g/mol. The van der Waals surface area contributed by atoms with Crippen molar-refractivity contribution < 1.29 is 18.7 Å². The van der Waals surface area contributed by atoms with Crippen molar-refractivity contribution in [2.45, 2.75) is 20.0 Å². The Morgan fingerprint density at radius 2 is 1.71 bits per heavy atom. The van der Waals surface area contributed by atoms with Crippen LogP contribution in [0.15, 0.2) is 66.7 Å². The minimum absolute atomic E-state index is 0.0483. The number of carbonyl (C=O) groups is 2. The molecule has 0 atom stereocenters. The second-order valence-corrected chi connectivity index (χ2v) is 8.38. The molecule has 0 bridgehead atoms. The lowest BCUT2D eigenvalue weighted by atomic mass is 10.1. The summed E-state index contributed by atoms with van der Waals surface area (Å²) in [6.45, 7) is 2.50. The smallest absolute Gasteiger partial charge is 0.254 e. The van der Waals surface area contributed by atoms with Crippen LogP contribution in [0.25, 0.3) is 0 Å². The summed E-state index contributed by atoms with van der Waals surface area (Å²) in [6.07, 6.45) is 0. The Bertz CT molecular complexity index is 1150. The summed E-state index contributed by atoms with van der Waals surface area (Å²) in [5.41, 5.74) is 4.79. The zero-order chi connectivity index (χ0) is 24.7. The van der Waals surface area contributed by atoms with Crippen LogP contribution in [0.1, 0.15) is 27.0 Å². The molecular weight excluding hydrogens is 433 g/mol. The van der Waals surface area contributed by atoms with Crippen LogP contribution in [-0.2, 0) is 22.6 Å². The number of hydrogen-bond donors (Lipinski definition) is 1. The molecular formula is C27H30FN3O3. The van der Waals surface area contributed by atoms with Crippen molar-refractivity contribution >= 4 is 23.2 Å². The number of aryl methyl sites for hydroxylation is 1. The van der Waals surface area contributed by atoms with E-state index < -0.39 is 0 Å². The molecule has 3 aromatic carbocycles. The fraction of sp³-hybridized carbons (Fsp3) is 0.259. The molecule has 1 N–H and O–H groups in total. The normalized spacial score (nSPS) is 10.6. The Balaban J connectivity index is 1.97. The predicted molar refractivity (Wildman–Crippen MR) is 132 cm³/mol. The van der Waals surface area contributed by atoms with Crippen molar-refractivity contribution in [1.82, 2.24) is 4.90 Å². The second-order valence-electron chi connectivity index (χ2n) is 8.38. The molecule has 0 aliphatic carbocycles. The number of nitrogens with one attached hydrogen (secondary N) is 1. The fourth-order valence-electron chi connectivity index (χ4n) is 3.73. The van der Waals surface area contributed by atoms with Gasteiger partial charge in [-0.15, -0.1) is 0 Å². The van der Waals surface area contributed by atoms with Crippen molar-refractivity contribution in [3.8, 4) is 0 Å². The molecule has 0 aliphatic heterocycles. The van der Waals surface area contributed by atoms with Gasteiger partial charge >= 0.3 is 0 Å². The Labute approximate surface area is 200 Å². The van der Waals surface area contributed by atoms with Gasteiger partial charge in [-0.25, -0.2) is 4.39 Å². The molecule has 34 heavy (non-hydrogen) atoms. The van der Waals surface area contributed by atoms with E-state index in [1.54, 1.807) is 23.1 Å². The number of anilines is 2. The number of benzene rings is 3. The lowest BCUT2D eigenvalue weighted by Gasteiger charge is -2.27. The Hall–Kier alpha value is -3.71. The van der Waals surface area contributed by atoms with Crippen molar-refractivity contribution in [2.24, 2.45) is 0 Å². The third-order valence-electron chi connectivity index (χ3n) is 5.32. The molecule has 0 aliphatic rings. The van der Waals surface area contributed by atoms with Gasteiger partial charge in [-0.05, 0) is 60.5 Å². The number of nitrogens with zero attached hydrogens (tertiary/aromatic N) is 2. The van der Waals surface area contributed by atoms with Crippen LogP contribution < -0.4 is 10.2 Å². The van der Waals surface area contributed by atoms with Crippen molar-refractivity contribution in [3.05, 3.63) is 94.8 Å². The first-order chi connectivity index (χ1) is 16.3. The van der Waals surface area contributed by atoms with Gasteiger partial charge in [0.2, 0.25) is 5.91 Å². The zero-order valence-corrected chi connectivity index (χ0v) is 20.0. The SMILES string of the molecule is COCC(=O)Nc1ccc(N(C)C)c(CN(Cc2ccc(F)cc2)C(=O)c2cccc(C)c2)c1. The van der Waals surface area contributed by atoms with Crippen LogP contribution in [0, 0.1) is 12.7 Å². The summed E-state index contributed by atoms with van der Waals surface area (Å²) in [6, 6.07) is 19.2. The van der Waals surface area contributed by atoms with E-state index in [2.05, 4.69) is 5.32 Å². The number of ether oxygens (including phenoxy) is 1. The van der Waals surface area contributed by atoms with E-state index in [4.69, 9.17) is 4.74 Å². The van der Waals surface area contributed by atoms with Crippen LogP contribution in [0.5, 0.6) is 0 Å². The van der Waals surface area contributed by atoms with E-state index >= 15 is 0 Å². The van der Waals surface area contributed by atoms with Crippen molar-refractivity contribution in [2.75, 3.05) is 38.0 Å². The highest BCUT2D eigenvalue weighted by molar-refractivity contribution is 5.94. The van der Waals surface area contributed by atoms with E-state index in [1.165, 1.54) is 19.2 Å². The molecule has 0 radical (unpaired) electrons. The van der Waals surface area contributed by atoms with Gasteiger partial charge in [-0.1, -0.05) is 29.8 Å². The molecule has 0 saturated heterocycles. The van der Waals surface area contributed by atoms with Crippen LogP contribution in [0.4, 0.5) is 15.8 Å². The summed E-state index contributed by atoms with van der Waals surface area (Å²) in [5.74, 6) is -0.716. The third kappa shape index (κ3) is 6.65. The van der Waals surface area contributed by atoms with Gasteiger partial charge in [0, 0.05) is 51.2 Å². The number of carbonyl (C=O) groups excluding carboxylic acids is 2. The molecule has 0 aromatic heterocycles. The average Bonchev–Trinajstić information content (AvgIpc) is 2.79. The van der Waals surface area contributed by atoms with Crippen molar-refractivity contribution in [3.63, 3.8) is 0 Å². The highest BCUT2D eigenvalue weighted by atomic mass is 19.1. The molecule has 2 amide bonds. The molecule has 0 saturated carbocycles. The van der Waals surface area contributed by atoms with Gasteiger partial charge in [-0.3, -0.25) is 9.59 Å². The standard InChI is InChI=1S/C27H30FN3O3/c1-19-6-5-7-21(14-19)27(33)31(16-20-8-10-23(28)11-9-20)17-22-15-24(29-26(32)18-34-4)12-13-25(22)30(2)3/h5-15H,16-18H2,1-4H3,(H,29,32). The molecule has 0 unspecified atom stereocenters. The van der Waals surface area contributed by atoms with Gasteiger partial charge in [0.1, 0.15) is 12.4 Å². The minimum atomic E-state index is -0.324. The maximum absolute atomic E-state index is 13.6. The van der Waals surface area contributed by atoms with Gasteiger partial charge in [0.15, 0.2) is 0 Å². The molecule has 3 aromatic rings. The van der Waals surface area contributed by atoms with E-state index in [9.17, 15) is 14.0 Å². The molecule has 3 rings (SSSR count). The first-order valence-corrected chi connectivity index (χ1v) is 11.0. The summed E-state index contributed by atoms with van der Waals surface area (Å²) < 4.78 is 18.4. The van der Waals surface area contributed by atoms with Gasteiger partial charge < -0.3 is 19.9 Å². The summed E-state index contributed by atoms with van der Waals surface area (Å²) in [5, 5.41) is 2.82. The maximum Gasteiger partial charge on any atom is 0.254 e. The molecule has 178 valence electrons. The predicted octanol–water partition coefficient (Wildman–Crippen LogP) is 4.63. The first kappa shape index (κ1) is 24.9. The van der Waals surface area contributed by atoms with Crippen molar-refractivity contribution in [1.29, 1.82) is 0 Å². The highest BCUT2D eigenvalue weighted by Crippen LogP contribution is 2.26. The lowest BCUT2D eigenvalue weighted by molar-refractivity contribution is -0.119. The van der Waals surface area contributed by atoms with E-state index in [1.807, 2.05) is 62.3 Å². The molecule has 0 spiro atoms. The number of methoxy groups -OCH3 is 1. The van der Waals surface area contributed by atoms with E-state index in [0.717, 1.165) is 22.4 Å². The highest BCUT2D eigenvalue weighted by Gasteiger charge is 2.20. The quantitative estimate of drug-likeness (QED) is 0.503. The molecule has 0 heterocycles. The Kier molecular flexibility index (Phi) is 8.38. The zero-order valence-electron chi connectivity index (χ0n) is 20.0. The van der Waals surface area contributed by atoms with Gasteiger partial charge in [0.05, 0.1) is 0 Å². The largest absolute Gasteiger partial charge is 0.377 e. The van der Waals surface area contributed by atoms with Crippen LogP contribution in [0.3, 0.4) is 0 Å². The summed E-state index contributed by atoms with van der Waals surface area (Å²) in [4.78, 5) is 29.3. The fourth-order valence-corrected chi connectivity index (χ4v) is 3.73. The topological polar surface area (TPSA) is 61.9 Å². The lowest BCUT2D eigenvalue weighted by Crippen LogP contribution is -2.31. The molecule has 6 nitrogen and oxygen atoms in total. The second kappa shape index (κ2) is 11.4. The first-order valence-electron chi connectivity index (χ1n) is 11.0. The van der Waals surface area contributed by atoms with Gasteiger partial charge in [0.25, 0.3) is 5.91 Å². The number of rotatable bonds is 9. The maximum atomic E-state index is 13.6. The summed E-state index contributed by atoms with van der Waals surface area (Å²) in [7, 11) is 5.31. The van der Waals surface area contributed by atoms with E-state index in [0.29, 0.717) is 24.3 Å². The third-order valence-corrected chi connectivity index (χ3v) is 5.32. The van der Waals surface area contributed by atoms with Gasteiger partial charge in [-0.2, -0.15) is 0 Å². The average molecular weight is 464 g/mol. The molecule has 0 fully saturated rings. The number of amides is 2. The van der Waals surface area contributed by atoms with Crippen LogP contribution >= 0.6 is 0 Å². The Morgan fingerprint density at radius 3 is 2.35 bits per heavy atom. The van der Waals surface area contributed by atoms with Crippen LogP contribution in [0.2, 0.25) is 0 Å². The number of halogens is 1.